The Bertz CT molecular complexity index is 1460. The monoisotopic (exact) mass is 552 g/mol. The fraction of sp³-hybridized carbons (Fsp3) is 0.286. The van der Waals surface area contributed by atoms with Crippen molar-refractivity contribution in [1.29, 1.82) is 5.41 Å². The first-order chi connectivity index (χ1) is 19.0. The number of hydrogen-bond acceptors (Lipinski definition) is 7. The number of nitrogens with zero attached hydrogens (tertiary/aromatic N) is 6. The van der Waals surface area contributed by atoms with Crippen LogP contribution < -0.4 is 15.5 Å². The Labute approximate surface area is 232 Å². The molecule has 0 atom stereocenters. The predicted octanol–water partition coefficient (Wildman–Crippen LogP) is 3.73. The third-order valence-electron chi connectivity index (χ3n) is 5.75. The molecular formula is C28H34F2N8O2. The molecule has 212 valence electrons. The van der Waals surface area contributed by atoms with Crippen molar-refractivity contribution in [3.05, 3.63) is 94.8 Å². The van der Waals surface area contributed by atoms with Crippen molar-refractivity contribution in [3.8, 4) is 0 Å². The maximum absolute atomic E-state index is 13.7. The highest BCUT2D eigenvalue weighted by Crippen LogP contribution is 2.19. The quantitative estimate of drug-likeness (QED) is 0.185. The molecule has 0 spiro atoms. The average molecular weight is 553 g/mol. The van der Waals surface area contributed by atoms with Crippen molar-refractivity contribution in [2.75, 3.05) is 44.6 Å². The Morgan fingerprint density at radius 2 is 1.27 bits per heavy atom. The summed E-state index contributed by atoms with van der Waals surface area (Å²) >= 11 is 0. The molecule has 3 N–H and O–H groups in total. The van der Waals surface area contributed by atoms with Gasteiger partial charge in [-0.25, -0.2) is 22.9 Å². The Balaban J connectivity index is 0.000000222. The second kappa shape index (κ2) is 13.4. The average Bonchev–Trinajstić information content (AvgIpc) is 3.53. The van der Waals surface area contributed by atoms with Gasteiger partial charge < -0.3 is 20.3 Å². The predicted molar refractivity (Wildman–Crippen MR) is 151 cm³/mol. The molecule has 0 bridgehead atoms. The Hall–Kier alpha value is -4.74. The smallest absolute Gasteiger partial charge is 0.358 e. The van der Waals surface area contributed by atoms with Gasteiger partial charge in [0.05, 0.1) is 19.7 Å². The maximum Gasteiger partial charge on any atom is 0.358 e. The van der Waals surface area contributed by atoms with E-state index >= 15 is 0 Å². The number of rotatable bonds is 9. The highest BCUT2D eigenvalue weighted by molar-refractivity contribution is 5.93. The molecule has 0 fully saturated rings. The molecular weight excluding hydrogens is 518 g/mol. The zero-order valence-corrected chi connectivity index (χ0v) is 23.2. The summed E-state index contributed by atoms with van der Waals surface area (Å²) in [6.07, 6.45) is 0. The van der Waals surface area contributed by atoms with Crippen molar-refractivity contribution < 1.29 is 18.3 Å². The van der Waals surface area contributed by atoms with Gasteiger partial charge in [-0.05, 0) is 19.1 Å². The van der Waals surface area contributed by atoms with Crippen LogP contribution in [0.2, 0.25) is 0 Å². The molecule has 0 aliphatic carbocycles. The van der Waals surface area contributed by atoms with Crippen molar-refractivity contribution >= 4 is 23.4 Å². The lowest BCUT2D eigenvalue weighted by Crippen LogP contribution is -2.16. The Kier molecular flexibility index (Phi) is 9.96. The topological polar surface area (TPSA) is 118 Å². The number of carbonyl (C=O) groups excluding carboxylic acids is 1. The summed E-state index contributed by atoms with van der Waals surface area (Å²) in [5.41, 5.74) is 7.10. The maximum atomic E-state index is 13.7. The van der Waals surface area contributed by atoms with E-state index in [4.69, 9.17) is 15.9 Å². The third-order valence-corrected chi connectivity index (χ3v) is 5.75. The lowest BCUT2D eigenvalue weighted by atomic mass is 10.2. The summed E-state index contributed by atoms with van der Waals surface area (Å²) in [5, 5.41) is 15.9. The van der Waals surface area contributed by atoms with Crippen LogP contribution in [0.1, 0.15) is 34.2 Å². The molecule has 0 saturated heterocycles. The van der Waals surface area contributed by atoms with Crippen molar-refractivity contribution in [2.24, 2.45) is 5.73 Å². The number of benzene rings is 2. The van der Waals surface area contributed by atoms with Gasteiger partial charge in [-0.1, -0.05) is 36.4 Å². The van der Waals surface area contributed by atoms with Crippen LogP contribution in [0, 0.1) is 17.0 Å². The second-order valence-electron chi connectivity index (χ2n) is 9.20. The molecule has 40 heavy (non-hydrogen) atoms. The van der Waals surface area contributed by atoms with E-state index < -0.39 is 5.97 Å². The molecule has 0 aliphatic rings. The van der Waals surface area contributed by atoms with E-state index in [2.05, 4.69) is 10.2 Å². The minimum Gasteiger partial charge on any atom is -0.461 e. The van der Waals surface area contributed by atoms with E-state index in [0.717, 1.165) is 5.82 Å². The first-order valence-corrected chi connectivity index (χ1v) is 12.5. The summed E-state index contributed by atoms with van der Waals surface area (Å²) in [5.74, 6) is 0.334. The van der Waals surface area contributed by atoms with Crippen LogP contribution in [-0.2, 0) is 17.8 Å². The number of aromatic nitrogens is 4. The highest BCUT2D eigenvalue weighted by atomic mass is 19.1. The number of hydrogen-bond donors (Lipinski definition) is 2. The molecule has 2 aromatic carbocycles. The molecule has 0 aliphatic heterocycles. The molecule has 0 radical (unpaired) electrons. The molecule has 12 heteroatoms. The van der Waals surface area contributed by atoms with Gasteiger partial charge in [-0.2, -0.15) is 10.2 Å². The molecule has 2 aromatic heterocycles. The molecule has 4 rings (SSSR count). The van der Waals surface area contributed by atoms with Gasteiger partial charge in [0.25, 0.3) is 0 Å². The van der Waals surface area contributed by atoms with Gasteiger partial charge >= 0.3 is 5.97 Å². The van der Waals surface area contributed by atoms with E-state index in [-0.39, 0.29) is 36.3 Å². The summed E-state index contributed by atoms with van der Waals surface area (Å²) in [7, 11) is 7.39. The standard InChI is InChI=1S/C15H18FN3O2.C13H16FN5/c1-4-21-15(20)13-9-14(18(2)3)19(17-13)10-11-7-5-6-8-12(11)16;1-18(2)12-7-11(13(15)16)17-19(12)8-9-5-3-4-6-10(9)14/h5-9H,4,10H2,1-3H3;3-7H,8H2,1-2H3,(H3,15,16). The first-order valence-electron chi connectivity index (χ1n) is 12.5. The summed E-state index contributed by atoms with van der Waals surface area (Å²) in [6, 6.07) is 16.4. The van der Waals surface area contributed by atoms with Crippen molar-refractivity contribution in [3.63, 3.8) is 0 Å². The SMILES string of the molecule is CCOC(=O)c1cc(N(C)C)n(Cc2ccccc2F)n1.CN(C)c1cc(C(=N)N)nn1Cc1ccccc1F. The van der Waals surface area contributed by atoms with E-state index in [0.29, 0.717) is 29.2 Å². The number of anilines is 2. The Morgan fingerprint density at radius 3 is 1.68 bits per heavy atom. The van der Waals surface area contributed by atoms with Crippen LogP contribution in [0.5, 0.6) is 0 Å². The van der Waals surface area contributed by atoms with Crippen molar-refractivity contribution in [2.45, 2.75) is 20.0 Å². The minimum absolute atomic E-state index is 0.101. The third kappa shape index (κ3) is 7.43. The van der Waals surface area contributed by atoms with Crippen molar-refractivity contribution in [1.82, 2.24) is 19.6 Å². The minimum atomic E-state index is -0.479. The van der Waals surface area contributed by atoms with Crippen LogP contribution in [0.15, 0.2) is 60.7 Å². The van der Waals surface area contributed by atoms with Crippen LogP contribution in [-0.4, -0.2) is 66.2 Å². The molecule has 2 heterocycles. The second-order valence-corrected chi connectivity index (χ2v) is 9.20. The van der Waals surface area contributed by atoms with Crippen LogP contribution in [0.3, 0.4) is 0 Å². The van der Waals surface area contributed by atoms with Crippen LogP contribution in [0.25, 0.3) is 0 Å². The number of nitrogens with one attached hydrogen (secondary N) is 1. The molecule has 0 saturated carbocycles. The zero-order valence-electron chi connectivity index (χ0n) is 23.2. The number of carbonyl (C=O) groups is 1. The number of halogens is 2. The number of esters is 1. The number of nitrogen functional groups attached to an aromatic ring is 1. The van der Waals surface area contributed by atoms with E-state index in [1.807, 2.05) is 38.0 Å². The van der Waals surface area contributed by atoms with E-state index in [1.54, 1.807) is 64.8 Å². The fourth-order valence-corrected chi connectivity index (χ4v) is 3.78. The Morgan fingerprint density at radius 1 is 0.850 bits per heavy atom. The largest absolute Gasteiger partial charge is 0.461 e. The molecule has 10 nitrogen and oxygen atoms in total. The number of amidine groups is 1. The summed E-state index contributed by atoms with van der Waals surface area (Å²) < 4.78 is 35.6. The van der Waals surface area contributed by atoms with E-state index in [1.165, 1.54) is 12.1 Å². The van der Waals surface area contributed by atoms with Gasteiger partial charge in [0, 0.05) is 51.5 Å². The normalized spacial score (nSPS) is 10.5. The lowest BCUT2D eigenvalue weighted by Gasteiger charge is -2.14. The molecule has 4 aromatic rings. The van der Waals surface area contributed by atoms with Crippen LogP contribution >= 0.6 is 0 Å². The van der Waals surface area contributed by atoms with Crippen LogP contribution in [0.4, 0.5) is 20.4 Å². The summed E-state index contributed by atoms with van der Waals surface area (Å²) in [6.45, 7) is 2.57. The highest BCUT2D eigenvalue weighted by Gasteiger charge is 2.17. The zero-order chi connectivity index (χ0) is 29.4. The first kappa shape index (κ1) is 29.8. The number of nitrogens with two attached hydrogens (primary N) is 1. The van der Waals surface area contributed by atoms with E-state index in [9.17, 15) is 13.6 Å². The molecule has 0 amide bonds. The fourth-order valence-electron chi connectivity index (χ4n) is 3.78. The van der Waals surface area contributed by atoms with Gasteiger partial charge in [-0.3, -0.25) is 5.41 Å². The summed E-state index contributed by atoms with van der Waals surface area (Å²) in [4.78, 5) is 15.4. The van der Waals surface area contributed by atoms with Gasteiger partial charge in [-0.15, -0.1) is 0 Å². The lowest BCUT2D eigenvalue weighted by molar-refractivity contribution is 0.0518. The van der Waals surface area contributed by atoms with Gasteiger partial charge in [0.2, 0.25) is 0 Å². The molecule has 0 unspecified atom stereocenters. The van der Waals surface area contributed by atoms with Gasteiger partial charge in [0.1, 0.15) is 34.8 Å². The number of ether oxygens (including phenoxy) is 1. The van der Waals surface area contributed by atoms with Gasteiger partial charge in [0.15, 0.2) is 5.69 Å².